The third-order valence-corrected chi connectivity index (χ3v) is 7.11. The molecule has 7 rings (SSSR count). The van der Waals surface area contributed by atoms with Crippen LogP contribution in [0.3, 0.4) is 0 Å². The zero-order chi connectivity index (χ0) is 25.3. The summed E-state index contributed by atoms with van der Waals surface area (Å²) in [6, 6.07) is 50.9. The Morgan fingerprint density at radius 1 is 0.395 bits per heavy atom. The molecule has 0 spiro atoms. The van der Waals surface area contributed by atoms with Crippen molar-refractivity contribution in [2.24, 2.45) is 0 Å². The molecule has 180 valence electrons. The molecule has 0 aliphatic heterocycles. The van der Waals surface area contributed by atoms with Gasteiger partial charge in [0.15, 0.2) is 0 Å². The smallest absolute Gasteiger partial charge is 0.137 e. The van der Waals surface area contributed by atoms with E-state index in [9.17, 15) is 0 Å². The van der Waals surface area contributed by atoms with Crippen molar-refractivity contribution in [3.63, 3.8) is 0 Å². The normalized spacial score (nSPS) is 11.2. The number of hydrogen-bond donors (Lipinski definition) is 1. The molecule has 2 heteroatoms. The lowest BCUT2D eigenvalue weighted by atomic mass is 9.93. The molecule has 0 unspecified atom stereocenters. The summed E-state index contributed by atoms with van der Waals surface area (Å²) >= 11 is 0. The fourth-order valence-corrected chi connectivity index (χ4v) is 5.23. The molecule has 0 amide bonds. The Hall–Kier alpha value is -5.08. The summed E-state index contributed by atoms with van der Waals surface area (Å²) in [6.07, 6.45) is 0. The first-order chi connectivity index (χ1) is 18.8. The summed E-state index contributed by atoms with van der Waals surface area (Å²) in [5.41, 5.74) is 11.2. The van der Waals surface area contributed by atoms with E-state index in [-0.39, 0.29) is 0 Å². The molecule has 0 saturated carbocycles. The lowest BCUT2D eigenvalue weighted by molar-refractivity contribution is 0.669. The largest absolute Gasteiger partial charge is 0.456 e. The number of hydrogen-bond acceptors (Lipinski definition) is 2. The molecule has 6 aromatic carbocycles. The standard InChI is InChI=1S/C36H25NO/c1-2-9-27(10-3-1)30-11-4-5-12-31(30)28-19-17-25(18-20-28)26-21-23-29(24-22-26)37-33-14-8-16-35-36(33)32-13-6-7-15-34(32)38-35/h1-24,37H. The lowest BCUT2D eigenvalue weighted by Crippen LogP contribution is -1.91. The minimum atomic E-state index is 0.891. The van der Waals surface area contributed by atoms with Gasteiger partial charge in [0, 0.05) is 11.1 Å². The Morgan fingerprint density at radius 2 is 0.947 bits per heavy atom. The molecule has 0 saturated heterocycles. The van der Waals surface area contributed by atoms with Gasteiger partial charge in [-0.2, -0.15) is 0 Å². The lowest BCUT2D eigenvalue weighted by Gasteiger charge is -2.12. The van der Waals surface area contributed by atoms with E-state index in [1.54, 1.807) is 0 Å². The van der Waals surface area contributed by atoms with Gasteiger partial charge in [-0.25, -0.2) is 0 Å². The predicted molar refractivity (Wildman–Crippen MR) is 160 cm³/mol. The third kappa shape index (κ3) is 4.03. The maximum Gasteiger partial charge on any atom is 0.137 e. The average Bonchev–Trinajstić information content (AvgIpc) is 3.38. The van der Waals surface area contributed by atoms with Crippen molar-refractivity contribution in [3.05, 3.63) is 146 Å². The summed E-state index contributed by atoms with van der Waals surface area (Å²) < 4.78 is 6.04. The van der Waals surface area contributed by atoms with Crippen LogP contribution in [0.1, 0.15) is 0 Å². The van der Waals surface area contributed by atoms with Gasteiger partial charge in [-0.3, -0.25) is 0 Å². The van der Waals surface area contributed by atoms with Gasteiger partial charge in [-0.1, -0.05) is 115 Å². The highest BCUT2D eigenvalue weighted by Gasteiger charge is 2.11. The molecule has 2 nitrogen and oxygen atoms in total. The second kappa shape index (κ2) is 9.42. The molecular weight excluding hydrogens is 462 g/mol. The second-order valence-corrected chi connectivity index (χ2v) is 9.47. The Labute approximate surface area is 221 Å². The first-order valence-corrected chi connectivity index (χ1v) is 12.9. The van der Waals surface area contributed by atoms with Gasteiger partial charge in [0.25, 0.3) is 0 Å². The minimum absolute atomic E-state index is 0.891. The topological polar surface area (TPSA) is 25.2 Å². The van der Waals surface area contributed by atoms with E-state index >= 15 is 0 Å². The predicted octanol–water partition coefficient (Wildman–Crippen LogP) is 10.3. The highest BCUT2D eigenvalue weighted by Crippen LogP contribution is 2.36. The van der Waals surface area contributed by atoms with Gasteiger partial charge in [0.2, 0.25) is 0 Å². The van der Waals surface area contributed by atoms with Crippen LogP contribution < -0.4 is 5.32 Å². The van der Waals surface area contributed by atoms with Gasteiger partial charge in [0.05, 0.1) is 11.1 Å². The summed E-state index contributed by atoms with van der Waals surface area (Å²) in [6.45, 7) is 0. The molecule has 7 aromatic rings. The van der Waals surface area contributed by atoms with Crippen LogP contribution in [0.2, 0.25) is 0 Å². The van der Waals surface area contributed by atoms with Gasteiger partial charge >= 0.3 is 0 Å². The third-order valence-electron chi connectivity index (χ3n) is 7.11. The molecule has 1 N–H and O–H groups in total. The van der Waals surface area contributed by atoms with Crippen molar-refractivity contribution in [2.45, 2.75) is 0 Å². The van der Waals surface area contributed by atoms with E-state index < -0.39 is 0 Å². The van der Waals surface area contributed by atoms with Crippen molar-refractivity contribution >= 4 is 33.3 Å². The summed E-state index contributed by atoms with van der Waals surface area (Å²) in [5.74, 6) is 0. The molecule has 0 atom stereocenters. The van der Waals surface area contributed by atoms with Crippen LogP contribution in [0.5, 0.6) is 0 Å². The van der Waals surface area contributed by atoms with E-state index in [1.165, 1.54) is 33.4 Å². The van der Waals surface area contributed by atoms with Crippen molar-refractivity contribution in [1.82, 2.24) is 0 Å². The molecule has 0 radical (unpaired) electrons. The van der Waals surface area contributed by atoms with Crippen molar-refractivity contribution in [1.29, 1.82) is 0 Å². The highest BCUT2D eigenvalue weighted by atomic mass is 16.3. The van der Waals surface area contributed by atoms with Crippen molar-refractivity contribution in [2.75, 3.05) is 5.32 Å². The number of anilines is 2. The first kappa shape index (κ1) is 22.1. The molecule has 0 bridgehead atoms. The van der Waals surface area contributed by atoms with Crippen molar-refractivity contribution in [3.8, 4) is 33.4 Å². The number of benzene rings is 6. The Kier molecular flexibility index (Phi) is 5.49. The van der Waals surface area contributed by atoms with Crippen LogP contribution in [0.25, 0.3) is 55.3 Å². The highest BCUT2D eigenvalue weighted by molar-refractivity contribution is 6.12. The Bertz CT molecular complexity index is 1860. The molecule has 1 aromatic heterocycles. The zero-order valence-electron chi connectivity index (χ0n) is 20.8. The zero-order valence-corrected chi connectivity index (χ0v) is 20.8. The number of furan rings is 1. The Balaban J connectivity index is 1.15. The minimum Gasteiger partial charge on any atom is -0.456 e. The van der Waals surface area contributed by atoms with E-state index in [0.717, 1.165) is 33.3 Å². The summed E-state index contributed by atoms with van der Waals surface area (Å²) in [4.78, 5) is 0. The number of para-hydroxylation sites is 1. The van der Waals surface area contributed by atoms with Gasteiger partial charge in [-0.15, -0.1) is 0 Å². The Morgan fingerprint density at radius 3 is 1.68 bits per heavy atom. The molecule has 0 fully saturated rings. The van der Waals surface area contributed by atoms with E-state index in [1.807, 2.05) is 24.3 Å². The van der Waals surface area contributed by atoms with E-state index in [0.29, 0.717) is 0 Å². The van der Waals surface area contributed by atoms with Gasteiger partial charge in [0.1, 0.15) is 11.2 Å². The van der Waals surface area contributed by atoms with Gasteiger partial charge < -0.3 is 9.73 Å². The van der Waals surface area contributed by atoms with E-state index in [2.05, 4.69) is 127 Å². The molecule has 1 heterocycles. The van der Waals surface area contributed by atoms with Crippen LogP contribution in [-0.4, -0.2) is 0 Å². The van der Waals surface area contributed by atoms with Crippen LogP contribution >= 0.6 is 0 Å². The number of fused-ring (bicyclic) bond motifs is 3. The average molecular weight is 488 g/mol. The van der Waals surface area contributed by atoms with Gasteiger partial charge in [-0.05, 0) is 63.7 Å². The molecule has 38 heavy (non-hydrogen) atoms. The number of rotatable bonds is 5. The van der Waals surface area contributed by atoms with Crippen LogP contribution in [-0.2, 0) is 0 Å². The maximum atomic E-state index is 6.04. The summed E-state index contributed by atoms with van der Waals surface area (Å²) in [5, 5.41) is 5.83. The van der Waals surface area contributed by atoms with Crippen LogP contribution in [0.15, 0.2) is 150 Å². The summed E-state index contributed by atoms with van der Waals surface area (Å²) in [7, 11) is 0. The van der Waals surface area contributed by atoms with Crippen molar-refractivity contribution < 1.29 is 4.42 Å². The number of nitrogens with one attached hydrogen (secondary N) is 1. The molecule has 0 aliphatic carbocycles. The maximum absolute atomic E-state index is 6.04. The quantitative estimate of drug-likeness (QED) is 0.261. The molecular formula is C36H25NO. The SMILES string of the molecule is c1ccc(-c2ccccc2-c2ccc(-c3ccc(Nc4cccc5oc6ccccc6c45)cc3)cc2)cc1. The van der Waals surface area contributed by atoms with Crippen LogP contribution in [0, 0.1) is 0 Å². The second-order valence-electron chi connectivity index (χ2n) is 9.47. The first-order valence-electron chi connectivity index (χ1n) is 12.9. The molecule has 0 aliphatic rings. The van der Waals surface area contributed by atoms with E-state index in [4.69, 9.17) is 4.42 Å². The fourth-order valence-electron chi connectivity index (χ4n) is 5.23. The monoisotopic (exact) mass is 487 g/mol. The van der Waals surface area contributed by atoms with Crippen LogP contribution in [0.4, 0.5) is 11.4 Å². The fraction of sp³-hybridized carbons (Fsp3) is 0.